The zero-order valence-electron chi connectivity index (χ0n) is 35.8. The molecule has 17 heteroatoms. The van der Waals surface area contributed by atoms with Crippen molar-refractivity contribution in [1.82, 2.24) is 0 Å². The van der Waals surface area contributed by atoms with Gasteiger partial charge in [0.15, 0.2) is 24.7 Å². The molecule has 59 heavy (non-hydrogen) atoms. The van der Waals surface area contributed by atoms with Gasteiger partial charge in [0.25, 0.3) is 0 Å². The molecule has 3 aliphatic heterocycles. The summed E-state index contributed by atoms with van der Waals surface area (Å²) in [4.78, 5) is 12.8. The van der Waals surface area contributed by atoms with Crippen LogP contribution in [0.15, 0.2) is 11.6 Å². The second-order valence-electron chi connectivity index (χ2n) is 18.8. The van der Waals surface area contributed by atoms with Crippen LogP contribution in [0.1, 0.15) is 92.9 Å². The molecular formula is C42H68O17. The van der Waals surface area contributed by atoms with Crippen LogP contribution in [0.3, 0.4) is 0 Å². The molecule has 3 saturated carbocycles. The lowest BCUT2D eigenvalue weighted by molar-refractivity contribution is -0.352. The van der Waals surface area contributed by atoms with Crippen LogP contribution in [-0.2, 0) is 47.4 Å². The van der Waals surface area contributed by atoms with Crippen molar-refractivity contribution in [2.75, 3.05) is 21.3 Å². The molecule has 0 aromatic heterocycles. The molecule has 4 aliphatic carbocycles. The number of carbonyl (C=O) groups is 1. The molecule has 338 valence electrons. The molecular weight excluding hydrogens is 776 g/mol. The van der Waals surface area contributed by atoms with Crippen LogP contribution in [0.4, 0.5) is 0 Å². The summed E-state index contributed by atoms with van der Waals surface area (Å²) in [6.45, 7) is 9.93. The predicted molar refractivity (Wildman–Crippen MR) is 204 cm³/mol. The van der Waals surface area contributed by atoms with Crippen LogP contribution in [0.25, 0.3) is 0 Å². The first kappa shape index (κ1) is 45.8. The molecule has 7 rings (SSSR count). The highest BCUT2D eigenvalue weighted by molar-refractivity contribution is 5.87. The van der Waals surface area contributed by atoms with Crippen LogP contribution in [0.2, 0.25) is 0 Å². The normalized spacial score (nSPS) is 55.1. The molecule has 0 aromatic carbocycles. The molecule has 0 amide bonds. The molecule has 7 aliphatic rings. The number of Topliss-reactive ketones (excluding diaryl/α,β-unsaturated/α-hetero) is 1. The third-order valence-corrected chi connectivity index (χ3v) is 16.0. The van der Waals surface area contributed by atoms with Crippen molar-refractivity contribution in [3.8, 4) is 0 Å². The topological polar surface area (TPSA) is 242 Å². The SMILES string of the molecule is CO[C@@H]1[C@@H](O)[C@H](O[C@H]2[C@@H](OC)C[C@H](O[C@@H]3[C@@H](C)O[C@@H](O[C@H]4CC[C@@]5(C)C(=CC[C@]6(O)C5[C@H](O)[C@@H](O)[C@@]5(C)[C@]6(O)CC[C@@]5(O)C(C)=O)C4)C[C@H]3OC)O[C@@H]2C)O[C@H](C)[C@H]1O. The minimum absolute atomic E-state index is 0.0342. The number of ketones is 1. The zero-order valence-corrected chi connectivity index (χ0v) is 35.8. The van der Waals surface area contributed by atoms with Gasteiger partial charge < -0.3 is 78.4 Å². The van der Waals surface area contributed by atoms with Crippen molar-refractivity contribution in [3.63, 3.8) is 0 Å². The second-order valence-corrected chi connectivity index (χ2v) is 18.8. The Hall–Kier alpha value is -1.23. The van der Waals surface area contributed by atoms with E-state index in [0.717, 1.165) is 5.57 Å². The van der Waals surface area contributed by atoms with E-state index in [1.54, 1.807) is 21.1 Å². The van der Waals surface area contributed by atoms with E-state index in [1.807, 2.05) is 26.8 Å². The van der Waals surface area contributed by atoms with E-state index in [1.165, 1.54) is 21.0 Å². The highest BCUT2D eigenvalue weighted by Crippen LogP contribution is 2.70. The Morgan fingerprint density at radius 1 is 0.729 bits per heavy atom. The maximum absolute atomic E-state index is 12.8. The van der Waals surface area contributed by atoms with E-state index < -0.39 is 131 Å². The lowest BCUT2D eigenvalue weighted by Crippen LogP contribution is -2.81. The fraction of sp³-hybridized carbons (Fsp3) is 0.929. The standard InChI is InChI=1S/C42H68O17/c1-19-29(44)34(53-9)30(45)37(56-19)59-33-21(3)55-28(18-26(33)52-8)58-32-20(2)54-27(17-25(32)51-7)57-24-11-12-38(5)23(16-24)10-13-41(49)35(38)31(46)36(47)39(6)40(48,22(4)43)14-15-42(39,41)50/h10,19-21,24-37,44-50H,11-18H2,1-9H3/t19-,20-,21-,24+,25-,26+,27+,28+,29-,30-,31+,32-,33-,34+,35?,36-,37+,38+,39-,40-,41+,42-/m1/s1. The molecule has 0 bridgehead atoms. The maximum atomic E-state index is 12.8. The van der Waals surface area contributed by atoms with Crippen LogP contribution in [0, 0.1) is 16.7 Å². The summed E-state index contributed by atoms with van der Waals surface area (Å²) in [7, 11) is 4.57. The van der Waals surface area contributed by atoms with Gasteiger partial charge in [-0.15, -0.1) is 0 Å². The number of hydrogen-bond donors (Lipinski definition) is 7. The van der Waals surface area contributed by atoms with Crippen molar-refractivity contribution in [2.24, 2.45) is 16.7 Å². The molecule has 3 heterocycles. The van der Waals surface area contributed by atoms with Crippen LogP contribution in [-0.4, -0.2) is 178 Å². The van der Waals surface area contributed by atoms with Gasteiger partial charge in [-0.05, 0) is 71.6 Å². The van der Waals surface area contributed by atoms with E-state index in [9.17, 15) is 40.5 Å². The number of rotatable bonds is 10. The summed E-state index contributed by atoms with van der Waals surface area (Å²) in [5, 5.41) is 81.1. The van der Waals surface area contributed by atoms with Crippen molar-refractivity contribution in [3.05, 3.63) is 11.6 Å². The van der Waals surface area contributed by atoms with Gasteiger partial charge in [-0.3, -0.25) is 4.79 Å². The largest absolute Gasteiger partial charge is 0.390 e. The molecule has 0 spiro atoms. The number of aliphatic hydroxyl groups excluding tert-OH is 4. The van der Waals surface area contributed by atoms with E-state index >= 15 is 0 Å². The summed E-state index contributed by atoms with van der Waals surface area (Å²) < 4.78 is 54.9. The zero-order chi connectivity index (χ0) is 43.2. The molecule has 22 atom stereocenters. The highest BCUT2D eigenvalue weighted by atomic mass is 16.8. The number of carbonyl (C=O) groups excluding carboxylic acids is 1. The van der Waals surface area contributed by atoms with Gasteiger partial charge in [0.1, 0.15) is 47.3 Å². The van der Waals surface area contributed by atoms with E-state index in [0.29, 0.717) is 32.1 Å². The predicted octanol–water partition coefficient (Wildman–Crippen LogP) is 0.378. The minimum Gasteiger partial charge on any atom is -0.390 e. The summed E-state index contributed by atoms with van der Waals surface area (Å²) in [6.07, 6.45) is -9.06. The monoisotopic (exact) mass is 844 g/mol. The number of methoxy groups -OCH3 is 3. The summed E-state index contributed by atoms with van der Waals surface area (Å²) in [5.74, 6) is -1.60. The van der Waals surface area contributed by atoms with Gasteiger partial charge in [0.05, 0.1) is 54.2 Å². The summed E-state index contributed by atoms with van der Waals surface area (Å²) in [5.41, 5.74) is -7.88. The second kappa shape index (κ2) is 16.4. The molecule has 0 radical (unpaired) electrons. The quantitative estimate of drug-likeness (QED) is 0.147. The smallest absolute Gasteiger partial charge is 0.187 e. The Morgan fingerprint density at radius 3 is 1.90 bits per heavy atom. The number of aliphatic hydroxyl groups is 7. The van der Waals surface area contributed by atoms with Crippen LogP contribution >= 0.6 is 0 Å². The molecule has 6 fully saturated rings. The third kappa shape index (κ3) is 6.93. The first-order valence-electron chi connectivity index (χ1n) is 21.3. The van der Waals surface area contributed by atoms with E-state index in [2.05, 4.69) is 0 Å². The van der Waals surface area contributed by atoms with Crippen molar-refractivity contribution < 1.29 is 83.2 Å². The summed E-state index contributed by atoms with van der Waals surface area (Å²) >= 11 is 0. The maximum Gasteiger partial charge on any atom is 0.187 e. The summed E-state index contributed by atoms with van der Waals surface area (Å²) in [6, 6.07) is 0. The van der Waals surface area contributed by atoms with Gasteiger partial charge in [-0.1, -0.05) is 25.5 Å². The Morgan fingerprint density at radius 2 is 1.32 bits per heavy atom. The van der Waals surface area contributed by atoms with Gasteiger partial charge in [-0.2, -0.15) is 0 Å². The Kier molecular flexibility index (Phi) is 12.7. The van der Waals surface area contributed by atoms with Gasteiger partial charge in [0, 0.05) is 40.1 Å². The molecule has 17 nitrogen and oxygen atoms in total. The molecule has 3 saturated heterocycles. The van der Waals surface area contributed by atoms with Gasteiger partial charge in [0.2, 0.25) is 0 Å². The number of hydrogen-bond acceptors (Lipinski definition) is 17. The van der Waals surface area contributed by atoms with Crippen molar-refractivity contribution >= 4 is 5.78 Å². The average Bonchev–Trinajstić information content (AvgIpc) is 3.42. The average molecular weight is 845 g/mol. The number of fused-ring (bicyclic) bond motifs is 5. The van der Waals surface area contributed by atoms with Gasteiger partial charge >= 0.3 is 0 Å². The van der Waals surface area contributed by atoms with Crippen molar-refractivity contribution in [2.45, 2.75) is 208 Å². The lowest BCUT2D eigenvalue weighted by Gasteiger charge is -2.68. The molecule has 7 N–H and O–H groups in total. The highest BCUT2D eigenvalue weighted by Gasteiger charge is 2.82. The molecule has 1 unspecified atom stereocenters. The lowest BCUT2D eigenvalue weighted by atomic mass is 9.41. The first-order chi connectivity index (χ1) is 27.6. The Labute approximate surface area is 346 Å². The minimum atomic E-state index is -2.12. The Bertz CT molecular complexity index is 1570. The van der Waals surface area contributed by atoms with Crippen LogP contribution < -0.4 is 0 Å². The van der Waals surface area contributed by atoms with Crippen molar-refractivity contribution in [1.29, 1.82) is 0 Å². The molecule has 0 aromatic rings. The van der Waals surface area contributed by atoms with E-state index in [-0.39, 0.29) is 25.4 Å². The van der Waals surface area contributed by atoms with Crippen LogP contribution in [0.5, 0.6) is 0 Å². The number of ether oxygens (including phenoxy) is 9. The van der Waals surface area contributed by atoms with E-state index in [4.69, 9.17) is 42.6 Å². The van der Waals surface area contributed by atoms with Gasteiger partial charge in [-0.25, -0.2) is 0 Å². The fourth-order valence-electron chi connectivity index (χ4n) is 12.4. The fourth-order valence-corrected chi connectivity index (χ4v) is 12.4. The Balaban J connectivity index is 0.982. The third-order valence-electron chi connectivity index (χ3n) is 16.0. The first-order valence-corrected chi connectivity index (χ1v) is 21.3.